The zero-order valence-electron chi connectivity index (χ0n) is 23.6. The van der Waals surface area contributed by atoms with Crippen molar-refractivity contribution < 1.29 is 0 Å². The number of nitrogens with zero attached hydrogens (tertiary/aromatic N) is 2. The molecule has 0 aromatic heterocycles. The molecule has 0 saturated carbocycles. The van der Waals surface area contributed by atoms with Crippen LogP contribution >= 0.6 is 22.4 Å². The zero-order valence-corrected chi connectivity index (χ0v) is 26.2. The Bertz CT molecular complexity index is 1740. The number of benzene rings is 6. The highest BCUT2D eigenvalue weighted by atomic mass is 31.2. The van der Waals surface area contributed by atoms with Crippen molar-refractivity contribution in [3.05, 3.63) is 182 Å². The van der Waals surface area contributed by atoms with Crippen molar-refractivity contribution >= 4 is 64.5 Å². The molecule has 0 spiro atoms. The van der Waals surface area contributed by atoms with Crippen LogP contribution in [0.3, 0.4) is 0 Å². The molecule has 0 saturated heterocycles. The van der Waals surface area contributed by atoms with Crippen LogP contribution in [0, 0.1) is 0 Å². The average molecular weight is 608 g/mol. The van der Waals surface area contributed by atoms with Gasteiger partial charge in [-0.05, 0) is 52.3 Å². The predicted molar refractivity (Wildman–Crippen MR) is 192 cm³/mol. The summed E-state index contributed by atoms with van der Waals surface area (Å²) in [7, 11) is -1.27. The maximum atomic E-state index is 5.23. The minimum atomic E-state index is -2.34. The van der Waals surface area contributed by atoms with Crippen molar-refractivity contribution in [1.29, 1.82) is 0 Å². The first-order valence-corrected chi connectivity index (χ1v) is 18.8. The second kappa shape index (κ2) is 12.2. The molecule has 0 unspecified atom stereocenters. The molecule has 0 N–H and O–H groups in total. The highest BCUT2D eigenvalue weighted by Crippen LogP contribution is 2.62. The van der Waals surface area contributed by atoms with E-state index in [0.29, 0.717) is 0 Å². The van der Waals surface area contributed by atoms with Crippen LogP contribution in [0.1, 0.15) is 0 Å². The van der Waals surface area contributed by atoms with Crippen molar-refractivity contribution in [3.8, 4) is 0 Å². The van der Waals surface area contributed by atoms with Crippen LogP contribution in [0.15, 0.2) is 192 Å². The summed E-state index contributed by atoms with van der Waals surface area (Å²) in [5.41, 5.74) is 0. The minimum Gasteiger partial charge on any atom is -0.141 e. The Morgan fingerprint density at radius 2 is 0.674 bits per heavy atom. The van der Waals surface area contributed by atoms with E-state index in [4.69, 9.17) is 10.2 Å². The molecule has 0 aliphatic carbocycles. The molecule has 0 amide bonds. The maximum Gasteiger partial charge on any atom is 0.244 e. The van der Waals surface area contributed by atoms with Crippen molar-refractivity contribution in [2.75, 3.05) is 0 Å². The normalized spacial score (nSPS) is 13.5. The van der Waals surface area contributed by atoms with Crippen molar-refractivity contribution in [1.82, 2.24) is 0 Å². The average Bonchev–Trinajstić information content (AvgIpc) is 3.59. The van der Waals surface area contributed by atoms with E-state index < -0.39 is 14.1 Å². The molecule has 0 atom stereocenters. The molecule has 1 heterocycles. The van der Waals surface area contributed by atoms with E-state index in [2.05, 4.69) is 182 Å². The lowest BCUT2D eigenvalue weighted by Gasteiger charge is -2.29. The van der Waals surface area contributed by atoms with E-state index in [1.165, 1.54) is 31.8 Å². The Labute approximate surface area is 255 Å². The highest BCUT2D eigenvalue weighted by molar-refractivity contribution is 8.16. The number of rotatable bonds is 7. The smallest absolute Gasteiger partial charge is 0.141 e. The molecule has 6 aromatic carbocycles. The third kappa shape index (κ3) is 4.77. The molecule has 5 heteroatoms. The van der Waals surface area contributed by atoms with Crippen LogP contribution in [0.2, 0.25) is 0 Å². The molecule has 0 radical (unpaired) electrons. The van der Waals surface area contributed by atoms with Crippen LogP contribution in [-0.4, -0.2) is 10.3 Å². The predicted octanol–water partition coefficient (Wildman–Crippen LogP) is 7.56. The van der Waals surface area contributed by atoms with E-state index in [1.807, 2.05) is 0 Å². The minimum absolute atomic E-state index is 1.07. The van der Waals surface area contributed by atoms with Gasteiger partial charge in [0.05, 0.1) is 0 Å². The van der Waals surface area contributed by atoms with Gasteiger partial charge in [-0.1, -0.05) is 146 Å². The Hall–Kier alpha value is -4.18. The molecule has 2 nitrogen and oxygen atoms in total. The van der Waals surface area contributed by atoms with Gasteiger partial charge in [0.2, 0.25) is 5.16 Å². The van der Waals surface area contributed by atoms with Gasteiger partial charge >= 0.3 is 0 Å². The van der Waals surface area contributed by atoms with Crippen LogP contribution in [-0.2, 0) is 0 Å². The fourth-order valence-electron chi connectivity index (χ4n) is 6.00. The number of hydrogen-bond acceptors (Lipinski definition) is 1. The Balaban J connectivity index is 1.63. The fraction of sp³-hybridized carbons (Fsp3) is 0. The molecular weight excluding hydrogens is 577 g/mol. The van der Waals surface area contributed by atoms with Crippen molar-refractivity contribution in [3.63, 3.8) is 0 Å². The summed E-state index contributed by atoms with van der Waals surface area (Å²) in [6.45, 7) is -2.34. The van der Waals surface area contributed by atoms with Crippen LogP contribution in [0.4, 0.5) is 0 Å². The summed E-state index contributed by atoms with van der Waals surface area (Å²) in [5.74, 6) is 0. The van der Waals surface area contributed by atoms with Gasteiger partial charge in [0.15, 0.2) is 7.26 Å². The van der Waals surface area contributed by atoms with Crippen LogP contribution < -0.4 is 31.8 Å². The van der Waals surface area contributed by atoms with Gasteiger partial charge in [0.25, 0.3) is 0 Å². The highest BCUT2D eigenvalue weighted by Gasteiger charge is 2.52. The van der Waals surface area contributed by atoms with Gasteiger partial charge < -0.3 is 0 Å². The van der Waals surface area contributed by atoms with Gasteiger partial charge in [0, 0.05) is 15.1 Å². The summed E-state index contributed by atoms with van der Waals surface area (Å²) >= 11 is 0. The van der Waals surface area contributed by atoms with E-state index >= 15 is 0 Å². The Kier molecular flexibility index (Phi) is 7.84. The molecule has 1 aliphatic heterocycles. The molecule has 206 valence electrons. The lowest BCUT2D eigenvalue weighted by molar-refractivity contribution is 1.42. The molecule has 0 fully saturated rings. The van der Waals surface area contributed by atoms with Crippen molar-refractivity contribution in [2.24, 2.45) is 10.2 Å². The van der Waals surface area contributed by atoms with E-state index in [-0.39, 0.29) is 0 Å². The summed E-state index contributed by atoms with van der Waals surface area (Å²) in [5, 5.41) is 20.4. The summed E-state index contributed by atoms with van der Waals surface area (Å²) in [6.07, 6.45) is 0. The third-order valence-electron chi connectivity index (χ3n) is 7.89. The summed E-state index contributed by atoms with van der Waals surface area (Å²) in [4.78, 5) is 0. The summed E-state index contributed by atoms with van der Waals surface area (Å²) in [6, 6.07) is 65.7. The second-order valence-corrected chi connectivity index (χ2v) is 18.7. The van der Waals surface area contributed by atoms with E-state index in [1.54, 1.807) is 0 Å². The number of hydrogen-bond donors (Lipinski definition) is 0. The largest absolute Gasteiger partial charge is 0.244 e. The standard InChI is InChI=1S/C38H30N2P3/c1-7-19-31(20-8-1)42(32-21-9-2-10-22-32,33-23-11-3-12-24-33)37-39-40-38(41-37)43(34-25-13-4-14-26-34,35-27-15-5-16-28-35)36-29-17-6-18-30-36/h1-30H/q+1. The summed E-state index contributed by atoms with van der Waals surface area (Å²) < 4.78 is 0. The zero-order chi connectivity index (χ0) is 29.0. The SMILES string of the molecule is c1ccc(P(=C2N=NC([P+](c3ccccc3)(c3ccccc3)c3ccccc3)=P2)(c2ccccc2)c2ccccc2)cc1. The molecule has 7 rings (SSSR count). The first-order valence-electron chi connectivity index (χ1n) is 14.3. The van der Waals surface area contributed by atoms with Gasteiger partial charge in [-0.25, -0.2) is 0 Å². The monoisotopic (exact) mass is 607 g/mol. The topological polar surface area (TPSA) is 24.7 Å². The van der Waals surface area contributed by atoms with E-state index in [9.17, 15) is 0 Å². The molecular formula is C38H30N2P3+. The quantitative estimate of drug-likeness (QED) is 0.167. The molecule has 1 aliphatic rings. The fourth-order valence-corrected chi connectivity index (χ4v) is 17.7. The Morgan fingerprint density at radius 1 is 0.372 bits per heavy atom. The van der Waals surface area contributed by atoms with Gasteiger partial charge in [-0.15, -0.1) is 10.2 Å². The first kappa shape index (κ1) is 27.6. The lowest BCUT2D eigenvalue weighted by Crippen LogP contribution is -2.35. The Morgan fingerprint density at radius 3 is 1.00 bits per heavy atom. The third-order valence-corrected chi connectivity index (χ3v) is 18.7. The van der Waals surface area contributed by atoms with Gasteiger partial charge in [-0.3, -0.25) is 0 Å². The van der Waals surface area contributed by atoms with Gasteiger partial charge in [0.1, 0.15) is 21.1 Å². The van der Waals surface area contributed by atoms with Crippen LogP contribution in [0.25, 0.3) is 0 Å². The van der Waals surface area contributed by atoms with Gasteiger partial charge in [-0.2, -0.15) is 0 Å². The number of azo groups is 1. The maximum absolute atomic E-state index is 5.23. The first-order chi connectivity index (χ1) is 21.3. The molecule has 43 heavy (non-hydrogen) atoms. The second-order valence-electron chi connectivity index (χ2n) is 10.3. The van der Waals surface area contributed by atoms with Crippen LogP contribution in [0.5, 0.6) is 0 Å². The molecule has 0 bridgehead atoms. The van der Waals surface area contributed by atoms with Crippen molar-refractivity contribution in [2.45, 2.75) is 0 Å². The lowest BCUT2D eigenvalue weighted by atomic mass is 10.4. The molecule has 6 aromatic rings. The van der Waals surface area contributed by atoms with E-state index in [0.717, 1.165) is 18.5 Å².